The van der Waals surface area contributed by atoms with Crippen LogP contribution in [0.5, 0.6) is 0 Å². The maximum Gasteiger partial charge on any atom is 0.337 e. The number of hydrogen-bond acceptors (Lipinski definition) is 2. The summed E-state index contributed by atoms with van der Waals surface area (Å²) < 4.78 is 0. The van der Waals surface area contributed by atoms with E-state index >= 15 is 0 Å². The molecule has 0 aliphatic heterocycles. The number of nitrogens with one attached hydrogen (secondary N) is 1. The highest BCUT2D eigenvalue weighted by Crippen LogP contribution is 2.24. The van der Waals surface area contributed by atoms with Gasteiger partial charge in [-0.3, -0.25) is 0 Å². The Kier molecular flexibility index (Phi) is 1.94. The smallest absolute Gasteiger partial charge is 0.337 e. The molecule has 15 heavy (non-hydrogen) atoms. The Labute approximate surface area is 85.8 Å². The average molecular weight is 200 g/mol. The molecule has 1 heterocycles. The van der Waals surface area contributed by atoms with Crippen molar-refractivity contribution in [1.29, 1.82) is 5.26 Å². The van der Waals surface area contributed by atoms with Gasteiger partial charge in [0.1, 0.15) is 6.07 Å². The monoisotopic (exact) mass is 200 g/mol. The molecule has 0 spiro atoms. The van der Waals surface area contributed by atoms with Crippen LogP contribution >= 0.6 is 0 Å². The van der Waals surface area contributed by atoms with Crippen LogP contribution in [-0.2, 0) is 0 Å². The van der Waals surface area contributed by atoms with Crippen molar-refractivity contribution in [3.63, 3.8) is 0 Å². The molecule has 0 aliphatic carbocycles. The summed E-state index contributed by atoms with van der Waals surface area (Å²) >= 11 is 0. The van der Waals surface area contributed by atoms with Crippen LogP contribution in [0.4, 0.5) is 0 Å². The number of carboxylic acids is 1. The topological polar surface area (TPSA) is 76.9 Å². The molecule has 2 aromatic rings. The number of benzene rings is 1. The van der Waals surface area contributed by atoms with Crippen molar-refractivity contribution >= 4 is 16.9 Å². The van der Waals surface area contributed by atoms with E-state index in [2.05, 4.69) is 4.98 Å². The molecule has 2 N–H and O–H groups in total. The van der Waals surface area contributed by atoms with Gasteiger partial charge in [-0.15, -0.1) is 0 Å². The maximum atomic E-state index is 10.9. The van der Waals surface area contributed by atoms with Gasteiger partial charge >= 0.3 is 5.97 Å². The second-order valence-electron chi connectivity index (χ2n) is 3.30. The number of aryl methyl sites for hydroxylation is 1. The number of aromatic carboxylic acids is 1. The van der Waals surface area contributed by atoms with Crippen LogP contribution in [0.1, 0.15) is 21.5 Å². The third kappa shape index (κ3) is 1.25. The minimum absolute atomic E-state index is 0.192. The number of carbonyl (C=O) groups is 1. The summed E-state index contributed by atoms with van der Waals surface area (Å²) in [5, 5.41) is 18.5. The lowest BCUT2D eigenvalue weighted by atomic mass is 10.0. The van der Waals surface area contributed by atoms with Crippen LogP contribution in [0.2, 0.25) is 0 Å². The number of hydrogen-bond donors (Lipinski definition) is 2. The second kappa shape index (κ2) is 3.14. The molecule has 0 unspecified atom stereocenters. The quantitative estimate of drug-likeness (QED) is 0.739. The maximum absolute atomic E-state index is 10.9. The van der Waals surface area contributed by atoms with E-state index in [1.165, 1.54) is 12.3 Å². The highest BCUT2D eigenvalue weighted by Gasteiger charge is 2.13. The van der Waals surface area contributed by atoms with E-state index in [1.54, 1.807) is 6.07 Å². The molecule has 0 bridgehead atoms. The summed E-state index contributed by atoms with van der Waals surface area (Å²) in [5.74, 6) is -0.994. The SMILES string of the molecule is Cc1ccc(C(=O)O)c2[nH]cc(C#N)c12. The predicted molar refractivity (Wildman–Crippen MR) is 54.7 cm³/mol. The number of fused-ring (bicyclic) bond motifs is 1. The first-order valence-electron chi connectivity index (χ1n) is 4.39. The second-order valence-corrected chi connectivity index (χ2v) is 3.30. The first-order chi connectivity index (χ1) is 7.15. The number of aromatic nitrogens is 1. The number of rotatable bonds is 1. The van der Waals surface area contributed by atoms with Crippen LogP contribution in [0.15, 0.2) is 18.3 Å². The van der Waals surface area contributed by atoms with Gasteiger partial charge in [0.2, 0.25) is 0 Å². The zero-order valence-corrected chi connectivity index (χ0v) is 8.03. The zero-order valence-electron chi connectivity index (χ0n) is 8.03. The number of nitrogens with zero attached hydrogens (tertiary/aromatic N) is 1. The van der Waals surface area contributed by atoms with E-state index in [4.69, 9.17) is 10.4 Å². The van der Waals surface area contributed by atoms with Gasteiger partial charge in [0.05, 0.1) is 16.6 Å². The van der Waals surface area contributed by atoms with Gasteiger partial charge in [0.25, 0.3) is 0 Å². The first-order valence-corrected chi connectivity index (χ1v) is 4.39. The van der Waals surface area contributed by atoms with E-state index in [-0.39, 0.29) is 5.56 Å². The van der Waals surface area contributed by atoms with Gasteiger partial charge in [0, 0.05) is 11.6 Å². The van der Waals surface area contributed by atoms with Crippen molar-refractivity contribution in [3.05, 3.63) is 35.0 Å². The van der Waals surface area contributed by atoms with Crippen molar-refractivity contribution in [2.75, 3.05) is 0 Å². The number of aromatic amines is 1. The lowest BCUT2D eigenvalue weighted by Gasteiger charge is -2.00. The lowest BCUT2D eigenvalue weighted by Crippen LogP contribution is -1.97. The minimum Gasteiger partial charge on any atom is -0.478 e. The van der Waals surface area contributed by atoms with E-state index in [0.717, 1.165) is 5.56 Å². The van der Waals surface area contributed by atoms with Crippen LogP contribution in [0.3, 0.4) is 0 Å². The van der Waals surface area contributed by atoms with Crippen molar-refractivity contribution in [1.82, 2.24) is 4.98 Å². The summed E-state index contributed by atoms with van der Waals surface area (Å²) in [6.45, 7) is 1.85. The standard InChI is InChI=1S/C11H8N2O2/c1-6-2-3-8(11(14)15)10-9(6)7(4-12)5-13-10/h2-3,5,13H,1H3,(H,14,15). The van der Waals surface area contributed by atoms with Gasteiger partial charge < -0.3 is 10.1 Å². The molecule has 0 saturated carbocycles. The number of nitriles is 1. The zero-order chi connectivity index (χ0) is 11.0. The molecule has 0 radical (unpaired) electrons. The van der Waals surface area contributed by atoms with Crippen molar-refractivity contribution in [2.24, 2.45) is 0 Å². The molecule has 4 nitrogen and oxygen atoms in total. The Bertz CT molecular complexity index is 590. The van der Waals surface area contributed by atoms with Gasteiger partial charge in [0.15, 0.2) is 0 Å². The lowest BCUT2D eigenvalue weighted by molar-refractivity contribution is 0.0699. The van der Waals surface area contributed by atoms with Gasteiger partial charge in [-0.2, -0.15) is 5.26 Å². The number of carboxylic acid groups (broad SMARTS) is 1. The van der Waals surface area contributed by atoms with E-state index < -0.39 is 5.97 Å². The van der Waals surface area contributed by atoms with Gasteiger partial charge in [-0.05, 0) is 18.6 Å². The molecule has 4 heteroatoms. The normalized spacial score (nSPS) is 10.1. The Morgan fingerprint density at radius 1 is 1.53 bits per heavy atom. The number of H-pyrrole nitrogens is 1. The van der Waals surface area contributed by atoms with Crippen LogP contribution < -0.4 is 0 Å². The van der Waals surface area contributed by atoms with Gasteiger partial charge in [-0.1, -0.05) is 6.07 Å². The first kappa shape index (κ1) is 9.28. The Morgan fingerprint density at radius 2 is 2.27 bits per heavy atom. The Morgan fingerprint density at radius 3 is 2.87 bits per heavy atom. The summed E-state index contributed by atoms with van der Waals surface area (Å²) in [5.41, 5.74) is 2.08. The molecule has 0 atom stereocenters. The fourth-order valence-electron chi connectivity index (χ4n) is 1.69. The molecule has 1 aromatic heterocycles. The third-order valence-electron chi connectivity index (χ3n) is 2.39. The fraction of sp³-hybridized carbons (Fsp3) is 0.0909. The van der Waals surface area contributed by atoms with Crippen LogP contribution in [0, 0.1) is 18.3 Å². The third-order valence-corrected chi connectivity index (χ3v) is 2.39. The van der Waals surface area contributed by atoms with E-state index in [9.17, 15) is 4.79 Å². The summed E-state index contributed by atoms with van der Waals surface area (Å²) in [4.78, 5) is 13.7. The Hall–Kier alpha value is -2.28. The molecule has 1 aromatic carbocycles. The van der Waals surface area contributed by atoms with Crippen molar-refractivity contribution < 1.29 is 9.90 Å². The molecular formula is C11H8N2O2. The van der Waals surface area contributed by atoms with Gasteiger partial charge in [-0.25, -0.2) is 4.79 Å². The van der Waals surface area contributed by atoms with Crippen LogP contribution in [-0.4, -0.2) is 16.1 Å². The fourth-order valence-corrected chi connectivity index (χ4v) is 1.69. The molecular weight excluding hydrogens is 192 g/mol. The molecule has 74 valence electrons. The summed E-state index contributed by atoms with van der Waals surface area (Å²) in [7, 11) is 0. The molecule has 0 saturated heterocycles. The van der Waals surface area contributed by atoms with Crippen molar-refractivity contribution in [3.8, 4) is 6.07 Å². The van der Waals surface area contributed by atoms with Crippen molar-refractivity contribution in [2.45, 2.75) is 6.92 Å². The average Bonchev–Trinajstić information content (AvgIpc) is 2.62. The summed E-state index contributed by atoms with van der Waals surface area (Å²) in [6, 6.07) is 5.28. The molecule has 0 aliphatic rings. The largest absolute Gasteiger partial charge is 0.478 e. The van der Waals surface area contributed by atoms with Crippen LogP contribution in [0.25, 0.3) is 10.9 Å². The molecule has 2 rings (SSSR count). The highest BCUT2D eigenvalue weighted by molar-refractivity contribution is 6.04. The minimum atomic E-state index is -0.994. The Balaban J connectivity index is 2.92. The molecule has 0 fully saturated rings. The highest BCUT2D eigenvalue weighted by atomic mass is 16.4. The van der Waals surface area contributed by atoms with E-state index in [0.29, 0.717) is 16.5 Å². The van der Waals surface area contributed by atoms with E-state index in [1.807, 2.05) is 13.0 Å². The predicted octanol–water partition coefficient (Wildman–Crippen LogP) is 2.05. The molecule has 0 amide bonds. The summed E-state index contributed by atoms with van der Waals surface area (Å²) in [6.07, 6.45) is 1.53.